The summed E-state index contributed by atoms with van der Waals surface area (Å²) >= 11 is 3.85. The van der Waals surface area contributed by atoms with E-state index in [-0.39, 0.29) is 17.5 Å². The molecule has 0 bridgehead atoms. The summed E-state index contributed by atoms with van der Waals surface area (Å²) < 4.78 is 13.3. The van der Waals surface area contributed by atoms with Crippen LogP contribution < -0.4 is 5.32 Å². The minimum Gasteiger partial charge on any atom is -0.351 e. The number of aryl methyl sites for hydroxylation is 2. The number of hydrogen-bond acceptors (Lipinski definition) is 2. The number of hydrogen-bond donors (Lipinski definition) is 2. The van der Waals surface area contributed by atoms with Gasteiger partial charge in [0.25, 0.3) is 0 Å². The Morgan fingerprint density at radius 3 is 2.40 bits per heavy atom. The van der Waals surface area contributed by atoms with E-state index in [1.807, 2.05) is 0 Å². The predicted octanol–water partition coefficient (Wildman–Crippen LogP) is 1.99. The molecule has 1 aromatic rings. The molecule has 15 heavy (non-hydrogen) atoms. The van der Waals surface area contributed by atoms with Crippen molar-refractivity contribution < 1.29 is 9.18 Å². The maximum Gasteiger partial charge on any atom is 0.229 e. The van der Waals surface area contributed by atoms with Crippen LogP contribution in [0.2, 0.25) is 0 Å². The van der Waals surface area contributed by atoms with Gasteiger partial charge >= 0.3 is 0 Å². The van der Waals surface area contributed by atoms with Gasteiger partial charge in [0.2, 0.25) is 5.91 Å². The quantitative estimate of drug-likeness (QED) is 0.760. The number of carbonyl (C=O) groups excluding carboxylic acids is 1. The van der Waals surface area contributed by atoms with Crippen LogP contribution in [0.3, 0.4) is 0 Å². The summed E-state index contributed by atoms with van der Waals surface area (Å²) in [5.74, 6) is -0.142. The summed E-state index contributed by atoms with van der Waals surface area (Å²) in [5.41, 5.74) is 2.11. The maximum absolute atomic E-state index is 13.3. The smallest absolute Gasteiger partial charge is 0.229 e. The number of carbonyl (C=O) groups is 1. The van der Waals surface area contributed by atoms with Crippen molar-refractivity contribution in [3.63, 3.8) is 0 Å². The standard InChI is InChI=1S/C11H14FNOS/c1-7-3-9(4-8(2)11(7)12)5-13-10(14)6-15/h3-4,15H,5-6H2,1-2H3,(H,13,14). The molecule has 0 saturated carbocycles. The van der Waals surface area contributed by atoms with Crippen LogP contribution in [-0.4, -0.2) is 11.7 Å². The third-order valence-electron chi connectivity index (χ3n) is 2.13. The molecule has 0 saturated heterocycles. The van der Waals surface area contributed by atoms with Crippen molar-refractivity contribution in [2.45, 2.75) is 20.4 Å². The largest absolute Gasteiger partial charge is 0.351 e. The molecular formula is C11H14FNOS. The van der Waals surface area contributed by atoms with E-state index in [9.17, 15) is 9.18 Å². The highest BCUT2D eigenvalue weighted by Gasteiger charge is 2.04. The average molecular weight is 227 g/mol. The van der Waals surface area contributed by atoms with Gasteiger partial charge in [-0.15, -0.1) is 0 Å². The van der Waals surface area contributed by atoms with E-state index in [1.165, 1.54) is 0 Å². The summed E-state index contributed by atoms with van der Waals surface area (Å²) in [6.45, 7) is 3.85. The van der Waals surface area contributed by atoms with Crippen molar-refractivity contribution in [3.8, 4) is 0 Å². The Morgan fingerprint density at radius 1 is 1.40 bits per heavy atom. The molecule has 1 aromatic carbocycles. The first-order valence-corrected chi connectivity index (χ1v) is 5.31. The number of benzene rings is 1. The first-order valence-electron chi connectivity index (χ1n) is 4.67. The monoisotopic (exact) mass is 227 g/mol. The van der Waals surface area contributed by atoms with Crippen LogP contribution in [0.25, 0.3) is 0 Å². The highest BCUT2D eigenvalue weighted by Crippen LogP contribution is 2.14. The molecule has 4 heteroatoms. The highest BCUT2D eigenvalue weighted by atomic mass is 32.1. The molecule has 0 aliphatic rings. The third kappa shape index (κ3) is 3.23. The van der Waals surface area contributed by atoms with Crippen LogP contribution in [0.4, 0.5) is 4.39 Å². The van der Waals surface area contributed by atoms with Gasteiger partial charge in [-0.1, -0.05) is 12.1 Å². The van der Waals surface area contributed by atoms with Gasteiger partial charge in [-0.3, -0.25) is 4.79 Å². The van der Waals surface area contributed by atoms with Crippen molar-refractivity contribution >= 4 is 18.5 Å². The van der Waals surface area contributed by atoms with Crippen molar-refractivity contribution in [1.82, 2.24) is 5.32 Å². The van der Waals surface area contributed by atoms with E-state index in [1.54, 1.807) is 26.0 Å². The number of thiol groups is 1. The summed E-state index contributed by atoms with van der Waals surface area (Å²) in [6.07, 6.45) is 0. The molecule has 82 valence electrons. The minimum absolute atomic E-state index is 0.127. The zero-order valence-electron chi connectivity index (χ0n) is 8.80. The van der Waals surface area contributed by atoms with Gasteiger partial charge in [0.05, 0.1) is 5.75 Å². The van der Waals surface area contributed by atoms with Gasteiger partial charge in [-0.25, -0.2) is 4.39 Å². The Hall–Kier alpha value is -1.03. The van der Waals surface area contributed by atoms with E-state index in [0.29, 0.717) is 17.7 Å². The van der Waals surface area contributed by atoms with E-state index >= 15 is 0 Å². The number of rotatable bonds is 3. The van der Waals surface area contributed by atoms with Gasteiger partial charge in [-0.05, 0) is 30.5 Å². The first-order chi connectivity index (χ1) is 7.04. The lowest BCUT2D eigenvalue weighted by molar-refractivity contribution is -0.118. The summed E-state index contributed by atoms with van der Waals surface area (Å²) in [7, 11) is 0. The molecule has 1 N–H and O–H groups in total. The van der Waals surface area contributed by atoms with Gasteiger partial charge in [-0.2, -0.15) is 12.6 Å². The lowest BCUT2D eigenvalue weighted by Crippen LogP contribution is -2.23. The molecule has 0 heterocycles. The molecule has 0 aliphatic heterocycles. The molecule has 0 fully saturated rings. The van der Waals surface area contributed by atoms with E-state index < -0.39 is 0 Å². The van der Waals surface area contributed by atoms with Crippen LogP contribution in [-0.2, 0) is 11.3 Å². The lowest BCUT2D eigenvalue weighted by atomic mass is 10.1. The molecule has 0 aliphatic carbocycles. The SMILES string of the molecule is Cc1cc(CNC(=O)CS)cc(C)c1F. The fourth-order valence-electron chi connectivity index (χ4n) is 1.39. The number of amides is 1. The summed E-state index contributed by atoms with van der Waals surface area (Å²) in [4.78, 5) is 11.0. The second kappa shape index (κ2) is 5.16. The molecule has 0 atom stereocenters. The van der Waals surface area contributed by atoms with Crippen molar-refractivity contribution in [2.75, 3.05) is 5.75 Å². The van der Waals surface area contributed by atoms with Crippen LogP contribution in [0.5, 0.6) is 0 Å². The van der Waals surface area contributed by atoms with Crippen molar-refractivity contribution in [1.29, 1.82) is 0 Å². The fraction of sp³-hybridized carbons (Fsp3) is 0.364. The molecule has 0 spiro atoms. The second-order valence-corrected chi connectivity index (χ2v) is 3.79. The topological polar surface area (TPSA) is 29.1 Å². The first kappa shape index (κ1) is 12.0. The normalized spacial score (nSPS) is 10.1. The molecule has 0 radical (unpaired) electrons. The predicted molar refractivity (Wildman–Crippen MR) is 61.6 cm³/mol. The van der Waals surface area contributed by atoms with Crippen LogP contribution in [0.1, 0.15) is 16.7 Å². The minimum atomic E-state index is -0.181. The summed E-state index contributed by atoms with van der Waals surface area (Å²) in [6, 6.07) is 3.47. The Morgan fingerprint density at radius 2 is 1.93 bits per heavy atom. The molecule has 0 unspecified atom stereocenters. The Balaban J connectivity index is 2.75. The Kier molecular flexibility index (Phi) is 4.15. The van der Waals surface area contributed by atoms with Crippen molar-refractivity contribution in [2.24, 2.45) is 0 Å². The Bertz CT molecular complexity index is 356. The Labute approximate surface area is 94.3 Å². The van der Waals surface area contributed by atoms with E-state index in [2.05, 4.69) is 17.9 Å². The maximum atomic E-state index is 13.3. The van der Waals surface area contributed by atoms with Gasteiger partial charge in [0.1, 0.15) is 5.82 Å². The molecule has 1 rings (SSSR count). The van der Waals surface area contributed by atoms with Gasteiger partial charge in [0.15, 0.2) is 0 Å². The van der Waals surface area contributed by atoms with Crippen LogP contribution in [0.15, 0.2) is 12.1 Å². The zero-order valence-corrected chi connectivity index (χ0v) is 9.70. The molecule has 0 aromatic heterocycles. The van der Waals surface area contributed by atoms with E-state index in [4.69, 9.17) is 0 Å². The second-order valence-electron chi connectivity index (χ2n) is 3.48. The molecule has 1 amide bonds. The van der Waals surface area contributed by atoms with E-state index in [0.717, 1.165) is 5.56 Å². The average Bonchev–Trinajstić information content (AvgIpc) is 2.22. The van der Waals surface area contributed by atoms with Crippen LogP contribution >= 0.6 is 12.6 Å². The van der Waals surface area contributed by atoms with Gasteiger partial charge in [0, 0.05) is 6.54 Å². The van der Waals surface area contributed by atoms with Crippen LogP contribution in [0, 0.1) is 19.7 Å². The number of halogens is 1. The van der Waals surface area contributed by atoms with Gasteiger partial charge < -0.3 is 5.32 Å². The third-order valence-corrected chi connectivity index (χ3v) is 2.42. The highest BCUT2D eigenvalue weighted by molar-refractivity contribution is 7.81. The molecular weight excluding hydrogens is 213 g/mol. The zero-order chi connectivity index (χ0) is 11.4. The molecule has 2 nitrogen and oxygen atoms in total. The fourth-order valence-corrected chi connectivity index (χ4v) is 1.51. The summed E-state index contributed by atoms with van der Waals surface area (Å²) in [5, 5.41) is 2.68. The lowest BCUT2D eigenvalue weighted by Gasteiger charge is -2.07. The number of nitrogens with one attached hydrogen (secondary N) is 1. The van der Waals surface area contributed by atoms with Crippen molar-refractivity contribution in [3.05, 3.63) is 34.6 Å².